The van der Waals surface area contributed by atoms with Crippen LogP contribution in [0, 0.1) is 0 Å². The molecule has 0 unspecified atom stereocenters. The standard InChI is InChI=1S/C14H10O4/c1-2-3-8-9-4-5-11(15)18-13(9)10-6-7-17-14(10)12(8)16/h2,4-7,16H,1,3H2. The lowest BCUT2D eigenvalue weighted by molar-refractivity contribution is 0.460. The van der Waals surface area contributed by atoms with Gasteiger partial charge in [0.1, 0.15) is 5.58 Å². The third kappa shape index (κ3) is 1.35. The SMILES string of the molecule is C=CCc1c(O)c2occc2c2oc(=O)ccc12. The van der Waals surface area contributed by atoms with E-state index in [1.165, 1.54) is 12.3 Å². The number of hydrogen-bond acceptors (Lipinski definition) is 4. The molecule has 0 aliphatic rings. The Bertz CT molecular complexity index is 808. The molecule has 3 rings (SSSR count). The van der Waals surface area contributed by atoms with E-state index in [-0.39, 0.29) is 5.75 Å². The van der Waals surface area contributed by atoms with Crippen molar-refractivity contribution in [2.24, 2.45) is 0 Å². The summed E-state index contributed by atoms with van der Waals surface area (Å²) in [6.07, 6.45) is 3.59. The first-order valence-corrected chi connectivity index (χ1v) is 5.48. The second kappa shape index (κ2) is 3.77. The molecule has 90 valence electrons. The van der Waals surface area contributed by atoms with Gasteiger partial charge in [-0.15, -0.1) is 6.58 Å². The summed E-state index contributed by atoms with van der Waals surface area (Å²) in [6, 6.07) is 4.64. The molecule has 0 saturated heterocycles. The molecule has 1 aromatic carbocycles. The van der Waals surface area contributed by atoms with E-state index in [0.717, 1.165) is 0 Å². The van der Waals surface area contributed by atoms with Crippen LogP contribution in [0.2, 0.25) is 0 Å². The molecule has 0 radical (unpaired) electrons. The quantitative estimate of drug-likeness (QED) is 0.554. The van der Waals surface area contributed by atoms with Crippen molar-refractivity contribution in [3.8, 4) is 5.75 Å². The molecule has 0 spiro atoms. The molecular weight excluding hydrogens is 232 g/mol. The van der Waals surface area contributed by atoms with Crippen molar-refractivity contribution < 1.29 is 13.9 Å². The third-order valence-corrected chi connectivity index (χ3v) is 2.92. The summed E-state index contributed by atoms with van der Waals surface area (Å²) >= 11 is 0. The number of phenolic OH excluding ortho intramolecular Hbond substituents is 1. The highest BCUT2D eigenvalue weighted by Gasteiger charge is 2.16. The summed E-state index contributed by atoms with van der Waals surface area (Å²) < 4.78 is 10.5. The largest absolute Gasteiger partial charge is 0.504 e. The lowest BCUT2D eigenvalue weighted by Crippen LogP contribution is -1.97. The highest BCUT2D eigenvalue weighted by molar-refractivity contribution is 6.06. The van der Waals surface area contributed by atoms with Crippen LogP contribution in [0.15, 0.2) is 50.7 Å². The highest BCUT2D eigenvalue weighted by Crippen LogP contribution is 2.37. The molecule has 18 heavy (non-hydrogen) atoms. The Labute approximate surface area is 102 Å². The Morgan fingerprint density at radius 1 is 1.22 bits per heavy atom. The van der Waals surface area contributed by atoms with Crippen LogP contribution in [0.4, 0.5) is 0 Å². The van der Waals surface area contributed by atoms with Gasteiger partial charge in [0.15, 0.2) is 11.3 Å². The van der Waals surface area contributed by atoms with Gasteiger partial charge >= 0.3 is 5.63 Å². The first kappa shape index (κ1) is 10.7. The molecule has 0 aliphatic heterocycles. The van der Waals surface area contributed by atoms with Crippen molar-refractivity contribution in [2.75, 3.05) is 0 Å². The van der Waals surface area contributed by atoms with Gasteiger partial charge in [-0.1, -0.05) is 6.08 Å². The van der Waals surface area contributed by atoms with E-state index in [0.29, 0.717) is 33.9 Å². The van der Waals surface area contributed by atoms with Crippen molar-refractivity contribution in [1.82, 2.24) is 0 Å². The molecule has 4 heteroatoms. The lowest BCUT2D eigenvalue weighted by Gasteiger charge is -2.07. The van der Waals surface area contributed by atoms with Gasteiger partial charge in [-0.05, 0) is 18.6 Å². The van der Waals surface area contributed by atoms with E-state index in [9.17, 15) is 9.90 Å². The van der Waals surface area contributed by atoms with Crippen molar-refractivity contribution in [3.63, 3.8) is 0 Å². The van der Waals surface area contributed by atoms with Crippen LogP contribution in [0.25, 0.3) is 21.9 Å². The molecule has 0 bridgehead atoms. The minimum Gasteiger partial charge on any atom is -0.504 e. The molecule has 2 aromatic heterocycles. The van der Waals surface area contributed by atoms with Gasteiger partial charge in [0.2, 0.25) is 0 Å². The lowest BCUT2D eigenvalue weighted by atomic mass is 10.0. The fraction of sp³-hybridized carbons (Fsp3) is 0.0714. The second-order valence-electron chi connectivity index (χ2n) is 3.98. The number of allylic oxidation sites excluding steroid dienone is 1. The summed E-state index contributed by atoms with van der Waals surface area (Å²) in [5.74, 6) is 0.0660. The third-order valence-electron chi connectivity index (χ3n) is 2.92. The fourth-order valence-corrected chi connectivity index (χ4v) is 2.14. The molecule has 0 amide bonds. The number of rotatable bonds is 2. The zero-order valence-corrected chi connectivity index (χ0v) is 9.47. The average molecular weight is 242 g/mol. The van der Waals surface area contributed by atoms with Crippen molar-refractivity contribution in [1.29, 1.82) is 0 Å². The number of benzene rings is 1. The van der Waals surface area contributed by atoms with Crippen molar-refractivity contribution in [2.45, 2.75) is 6.42 Å². The summed E-state index contributed by atoms with van der Waals surface area (Å²) in [7, 11) is 0. The summed E-state index contributed by atoms with van der Waals surface area (Å²) in [5, 5.41) is 11.5. The van der Waals surface area contributed by atoms with E-state index in [1.54, 1.807) is 18.2 Å². The van der Waals surface area contributed by atoms with Gasteiger partial charge in [-0.25, -0.2) is 4.79 Å². The predicted octanol–water partition coefficient (Wildman–Crippen LogP) is 2.97. The summed E-state index contributed by atoms with van der Waals surface area (Å²) in [6.45, 7) is 3.66. The van der Waals surface area contributed by atoms with Gasteiger partial charge < -0.3 is 13.9 Å². The zero-order chi connectivity index (χ0) is 12.7. The molecule has 0 aliphatic carbocycles. The Hall–Kier alpha value is -2.49. The van der Waals surface area contributed by atoms with Crippen LogP contribution in [0.5, 0.6) is 5.75 Å². The minimum atomic E-state index is -0.430. The van der Waals surface area contributed by atoms with E-state index < -0.39 is 5.63 Å². The summed E-state index contributed by atoms with van der Waals surface area (Å²) in [4.78, 5) is 11.3. The van der Waals surface area contributed by atoms with Gasteiger partial charge in [-0.2, -0.15) is 0 Å². The fourth-order valence-electron chi connectivity index (χ4n) is 2.14. The van der Waals surface area contributed by atoms with Gasteiger partial charge in [0, 0.05) is 17.0 Å². The Balaban J connectivity index is 2.60. The monoisotopic (exact) mass is 242 g/mol. The van der Waals surface area contributed by atoms with Crippen LogP contribution in [0.1, 0.15) is 5.56 Å². The van der Waals surface area contributed by atoms with Crippen LogP contribution >= 0.6 is 0 Å². The molecule has 3 aromatic rings. The first-order valence-electron chi connectivity index (χ1n) is 5.48. The zero-order valence-electron chi connectivity index (χ0n) is 9.47. The normalized spacial score (nSPS) is 11.1. The van der Waals surface area contributed by atoms with E-state index in [1.807, 2.05) is 0 Å². The summed E-state index contributed by atoms with van der Waals surface area (Å²) in [5.41, 5.74) is 0.973. The number of phenols is 1. The topological polar surface area (TPSA) is 63.6 Å². The molecule has 4 nitrogen and oxygen atoms in total. The van der Waals surface area contributed by atoms with Crippen molar-refractivity contribution in [3.05, 3.63) is 53.1 Å². The number of fused-ring (bicyclic) bond motifs is 3. The maximum Gasteiger partial charge on any atom is 0.336 e. The van der Waals surface area contributed by atoms with Crippen LogP contribution in [-0.2, 0) is 6.42 Å². The Kier molecular flexibility index (Phi) is 2.23. The van der Waals surface area contributed by atoms with Crippen LogP contribution in [0.3, 0.4) is 0 Å². The average Bonchev–Trinajstić information content (AvgIpc) is 2.84. The maximum absolute atomic E-state index is 11.3. The molecular formula is C14H10O4. The van der Waals surface area contributed by atoms with Crippen molar-refractivity contribution >= 4 is 21.9 Å². The Morgan fingerprint density at radius 3 is 2.83 bits per heavy atom. The van der Waals surface area contributed by atoms with E-state index >= 15 is 0 Å². The van der Waals surface area contributed by atoms with Crippen LogP contribution < -0.4 is 5.63 Å². The minimum absolute atomic E-state index is 0.0660. The molecule has 2 heterocycles. The maximum atomic E-state index is 11.3. The molecule has 0 atom stereocenters. The number of hydrogen-bond donors (Lipinski definition) is 1. The number of furan rings is 1. The first-order chi connectivity index (χ1) is 8.72. The highest BCUT2D eigenvalue weighted by atomic mass is 16.4. The number of aromatic hydroxyl groups is 1. The molecule has 1 N–H and O–H groups in total. The second-order valence-corrected chi connectivity index (χ2v) is 3.98. The smallest absolute Gasteiger partial charge is 0.336 e. The van der Waals surface area contributed by atoms with E-state index in [2.05, 4.69) is 6.58 Å². The molecule has 0 saturated carbocycles. The Morgan fingerprint density at radius 2 is 2.06 bits per heavy atom. The van der Waals surface area contributed by atoms with E-state index in [4.69, 9.17) is 8.83 Å². The van der Waals surface area contributed by atoms with Gasteiger partial charge in [-0.3, -0.25) is 0 Å². The van der Waals surface area contributed by atoms with Gasteiger partial charge in [0.25, 0.3) is 0 Å². The predicted molar refractivity (Wildman–Crippen MR) is 67.8 cm³/mol. The van der Waals surface area contributed by atoms with Gasteiger partial charge in [0.05, 0.1) is 11.6 Å². The molecule has 0 fully saturated rings. The van der Waals surface area contributed by atoms with Crippen LogP contribution in [-0.4, -0.2) is 5.11 Å².